The highest BCUT2D eigenvalue weighted by atomic mass is 16.5. The van der Waals surface area contributed by atoms with Crippen LogP contribution in [0.2, 0.25) is 0 Å². The van der Waals surface area contributed by atoms with E-state index in [-0.39, 0.29) is 37.3 Å². The SMILES string of the molecule is Cc1[nH]c2ccccc2c1CC(=O)N1CCCNC(=O)c2cccc(c2)OCCn2nc(-c3ccccc3)nc2[C@H](C)NC(=O)C1. The number of fused-ring (bicyclic) bond motifs is 4. The number of benzene rings is 3. The molecule has 3 aromatic carbocycles. The molecule has 0 saturated heterocycles. The topological polar surface area (TPSA) is 134 Å². The maximum absolute atomic E-state index is 13.8. The number of carbonyl (C=O) groups is 3. The number of aryl methyl sites for hydroxylation is 1. The van der Waals surface area contributed by atoms with Crippen LogP contribution in [0.5, 0.6) is 5.75 Å². The summed E-state index contributed by atoms with van der Waals surface area (Å²) in [5.74, 6) is 0.935. The molecule has 0 saturated carbocycles. The van der Waals surface area contributed by atoms with Crippen LogP contribution in [0.25, 0.3) is 22.3 Å². The molecule has 3 N–H and O–H groups in total. The third kappa shape index (κ3) is 6.93. The van der Waals surface area contributed by atoms with E-state index in [1.165, 1.54) is 0 Å². The minimum absolute atomic E-state index is 0.136. The molecule has 0 aliphatic carbocycles. The van der Waals surface area contributed by atoms with Gasteiger partial charge in [-0.25, -0.2) is 9.67 Å². The van der Waals surface area contributed by atoms with Crippen LogP contribution in [0.4, 0.5) is 0 Å². The maximum atomic E-state index is 13.8. The predicted molar refractivity (Wildman–Crippen MR) is 174 cm³/mol. The maximum Gasteiger partial charge on any atom is 0.251 e. The number of nitrogens with zero attached hydrogens (tertiary/aromatic N) is 4. The average molecular weight is 620 g/mol. The summed E-state index contributed by atoms with van der Waals surface area (Å²) in [4.78, 5) is 49.8. The standard InChI is InChI=1S/C35H37N7O4/c1-23-29(28-14-6-7-15-30(28)37-23)21-32(44)41-17-9-16-36-35(45)26-12-8-13-27(20-26)46-19-18-42-34(24(2)38-31(43)22-41)39-33(40-42)25-10-4-3-5-11-25/h3-8,10-15,20,24,37H,9,16-19,21-22H2,1-2H3,(H,36,45)(H,38,43)/t24-/m0/s1. The van der Waals surface area contributed by atoms with E-state index in [0.717, 1.165) is 27.7 Å². The van der Waals surface area contributed by atoms with E-state index in [2.05, 4.69) is 15.6 Å². The van der Waals surface area contributed by atoms with Crippen LogP contribution in [0, 0.1) is 6.92 Å². The molecule has 3 amide bonds. The number of para-hydroxylation sites is 1. The first-order chi connectivity index (χ1) is 22.4. The Balaban J connectivity index is 1.27. The van der Waals surface area contributed by atoms with Crippen molar-refractivity contribution < 1.29 is 19.1 Å². The summed E-state index contributed by atoms with van der Waals surface area (Å²) >= 11 is 0. The molecule has 2 aromatic heterocycles. The predicted octanol–water partition coefficient (Wildman–Crippen LogP) is 4.20. The van der Waals surface area contributed by atoms with Crippen molar-refractivity contribution in [1.29, 1.82) is 0 Å². The fourth-order valence-corrected chi connectivity index (χ4v) is 5.74. The molecule has 2 bridgehead atoms. The van der Waals surface area contributed by atoms with Crippen molar-refractivity contribution in [2.45, 2.75) is 39.3 Å². The molecule has 1 atom stereocenters. The monoisotopic (exact) mass is 619 g/mol. The number of hydrogen-bond donors (Lipinski definition) is 3. The van der Waals surface area contributed by atoms with Gasteiger partial charge in [-0.1, -0.05) is 54.6 Å². The number of aromatic nitrogens is 4. The van der Waals surface area contributed by atoms with Gasteiger partial charge in [0.05, 0.1) is 25.6 Å². The van der Waals surface area contributed by atoms with Gasteiger partial charge in [-0.15, -0.1) is 0 Å². The molecular weight excluding hydrogens is 582 g/mol. The fraction of sp³-hybridized carbons (Fsp3) is 0.286. The lowest BCUT2D eigenvalue weighted by molar-refractivity contribution is -0.135. The second kappa shape index (κ2) is 13.7. The van der Waals surface area contributed by atoms with E-state index < -0.39 is 6.04 Å². The van der Waals surface area contributed by atoms with E-state index >= 15 is 0 Å². The first-order valence-electron chi connectivity index (χ1n) is 15.5. The second-order valence-electron chi connectivity index (χ2n) is 11.4. The van der Waals surface area contributed by atoms with Crippen LogP contribution in [0.1, 0.15) is 46.8 Å². The molecule has 3 heterocycles. The number of rotatable bonds is 3. The molecule has 0 radical (unpaired) electrons. The molecule has 0 unspecified atom stereocenters. The van der Waals surface area contributed by atoms with Gasteiger partial charge < -0.3 is 25.3 Å². The zero-order valence-electron chi connectivity index (χ0n) is 26.0. The Hall–Kier alpha value is -5.45. The lowest BCUT2D eigenvalue weighted by atomic mass is 10.1. The first-order valence-corrected chi connectivity index (χ1v) is 15.5. The van der Waals surface area contributed by atoms with Crippen molar-refractivity contribution in [3.63, 3.8) is 0 Å². The summed E-state index contributed by atoms with van der Waals surface area (Å²) in [7, 11) is 0. The van der Waals surface area contributed by atoms with E-state index in [9.17, 15) is 14.4 Å². The summed E-state index contributed by atoms with van der Waals surface area (Å²) in [6, 6.07) is 24.0. The largest absolute Gasteiger partial charge is 0.492 e. The third-order valence-electron chi connectivity index (χ3n) is 8.10. The van der Waals surface area contributed by atoms with Gasteiger partial charge in [-0.2, -0.15) is 5.10 Å². The molecule has 5 aromatic rings. The normalized spacial score (nSPS) is 16.5. The Morgan fingerprint density at radius 1 is 0.978 bits per heavy atom. The number of hydrogen-bond acceptors (Lipinski definition) is 6. The summed E-state index contributed by atoms with van der Waals surface area (Å²) in [6.45, 7) is 4.93. The Morgan fingerprint density at radius 2 is 1.76 bits per heavy atom. The minimum Gasteiger partial charge on any atom is -0.492 e. The third-order valence-corrected chi connectivity index (χ3v) is 8.10. The highest BCUT2D eigenvalue weighted by molar-refractivity contribution is 5.94. The van der Waals surface area contributed by atoms with E-state index in [1.807, 2.05) is 68.4 Å². The highest BCUT2D eigenvalue weighted by Crippen LogP contribution is 2.23. The molecule has 1 aliphatic heterocycles. The Morgan fingerprint density at radius 3 is 2.61 bits per heavy atom. The van der Waals surface area contributed by atoms with E-state index in [4.69, 9.17) is 14.8 Å². The van der Waals surface area contributed by atoms with Crippen LogP contribution in [-0.2, 0) is 22.6 Å². The molecule has 11 nitrogen and oxygen atoms in total. The molecule has 11 heteroatoms. The molecular formula is C35H37N7O4. The zero-order chi connectivity index (χ0) is 32.0. The van der Waals surface area contributed by atoms with Crippen molar-refractivity contribution in [1.82, 2.24) is 35.3 Å². The average Bonchev–Trinajstić information content (AvgIpc) is 3.63. The number of amides is 3. The van der Waals surface area contributed by atoms with Crippen molar-refractivity contribution in [3.8, 4) is 17.1 Å². The van der Waals surface area contributed by atoms with Crippen LogP contribution < -0.4 is 15.4 Å². The minimum atomic E-state index is -0.494. The van der Waals surface area contributed by atoms with Gasteiger partial charge in [0, 0.05) is 40.8 Å². The van der Waals surface area contributed by atoms with Crippen molar-refractivity contribution in [2.24, 2.45) is 0 Å². The van der Waals surface area contributed by atoms with Crippen LogP contribution >= 0.6 is 0 Å². The number of H-pyrrole nitrogens is 1. The van der Waals surface area contributed by atoms with E-state index in [0.29, 0.717) is 49.0 Å². The molecule has 0 fully saturated rings. The van der Waals surface area contributed by atoms with Gasteiger partial charge >= 0.3 is 0 Å². The number of carbonyl (C=O) groups excluding carboxylic acids is 3. The molecule has 1 aliphatic rings. The Kier molecular flexibility index (Phi) is 9.09. The van der Waals surface area contributed by atoms with Crippen molar-refractivity contribution in [3.05, 3.63) is 102 Å². The molecule has 6 rings (SSSR count). The Bertz CT molecular complexity index is 1860. The summed E-state index contributed by atoms with van der Waals surface area (Å²) < 4.78 is 7.72. The van der Waals surface area contributed by atoms with Crippen molar-refractivity contribution in [2.75, 3.05) is 26.2 Å². The molecule has 46 heavy (non-hydrogen) atoms. The second-order valence-corrected chi connectivity index (χ2v) is 11.4. The van der Waals surface area contributed by atoms with Crippen LogP contribution in [-0.4, -0.2) is 68.6 Å². The first kappa shape index (κ1) is 30.6. The summed E-state index contributed by atoms with van der Waals surface area (Å²) in [5, 5.41) is 11.7. The van der Waals surface area contributed by atoms with Crippen LogP contribution in [0.15, 0.2) is 78.9 Å². The van der Waals surface area contributed by atoms with E-state index in [1.54, 1.807) is 33.8 Å². The van der Waals surface area contributed by atoms with Gasteiger partial charge in [0.1, 0.15) is 18.2 Å². The van der Waals surface area contributed by atoms with Gasteiger partial charge in [0.15, 0.2) is 5.82 Å². The number of ether oxygens (including phenoxy) is 1. The van der Waals surface area contributed by atoms with Crippen molar-refractivity contribution >= 4 is 28.6 Å². The fourth-order valence-electron chi connectivity index (χ4n) is 5.74. The lowest BCUT2D eigenvalue weighted by Crippen LogP contribution is -2.43. The number of nitrogens with one attached hydrogen (secondary N) is 3. The lowest BCUT2D eigenvalue weighted by Gasteiger charge is -2.24. The van der Waals surface area contributed by atoms with Gasteiger partial charge in [0.25, 0.3) is 5.91 Å². The van der Waals surface area contributed by atoms with Crippen LogP contribution in [0.3, 0.4) is 0 Å². The smallest absolute Gasteiger partial charge is 0.251 e. The zero-order valence-corrected chi connectivity index (χ0v) is 26.0. The van der Waals surface area contributed by atoms with Gasteiger partial charge in [0.2, 0.25) is 11.8 Å². The summed E-state index contributed by atoms with van der Waals surface area (Å²) in [5.41, 5.74) is 4.11. The Labute approximate surface area is 267 Å². The molecule has 0 spiro atoms. The summed E-state index contributed by atoms with van der Waals surface area (Å²) in [6.07, 6.45) is 0.616. The van der Waals surface area contributed by atoms with Gasteiger partial charge in [-0.05, 0) is 50.1 Å². The van der Waals surface area contributed by atoms with Gasteiger partial charge in [-0.3, -0.25) is 14.4 Å². The molecule has 236 valence electrons. The number of aromatic amines is 1. The quantitative estimate of drug-likeness (QED) is 0.277. The highest BCUT2D eigenvalue weighted by Gasteiger charge is 2.24.